The number of methoxy groups -OCH3 is 1. The molecule has 1 heterocycles. The SMILES string of the molecule is CCOC(=O)c1nnn(Cc2ccc(OC)cc2)c1OC1CCC(c2ccc(OC3CC3)cc2)CC1. The van der Waals surface area contributed by atoms with Gasteiger partial charge in [0.15, 0.2) is 0 Å². The van der Waals surface area contributed by atoms with Crippen LogP contribution in [0.25, 0.3) is 0 Å². The molecule has 1 aromatic heterocycles. The molecular formula is C28H33N3O5. The lowest BCUT2D eigenvalue weighted by molar-refractivity contribution is 0.0507. The molecule has 0 spiro atoms. The maximum Gasteiger partial charge on any atom is 0.364 e. The highest BCUT2D eigenvalue weighted by atomic mass is 16.5. The molecular weight excluding hydrogens is 458 g/mol. The highest BCUT2D eigenvalue weighted by Gasteiger charge is 2.29. The Morgan fingerprint density at radius 2 is 1.53 bits per heavy atom. The number of ether oxygens (including phenoxy) is 4. The van der Waals surface area contributed by atoms with Gasteiger partial charge in [-0.05, 0) is 86.8 Å². The average molecular weight is 492 g/mol. The van der Waals surface area contributed by atoms with Gasteiger partial charge in [0.25, 0.3) is 0 Å². The summed E-state index contributed by atoms with van der Waals surface area (Å²) in [4.78, 5) is 12.5. The molecule has 5 rings (SSSR count). The van der Waals surface area contributed by atoms with Crippen LogP contribution in [0.3, 0.4) is 0 Å². The second-order valence-electron chi connectivity index (χ2n) is 9.45. The minimum Gasteiger partial charge on any atom is -0.497 e. The Hall–Kier alpha value is -3.55. The largest absolute Gasteiger partial charge is 0.497 e. The fourth-order valence-corrected chi connectivity index (χ4v) is 4.62. The minimum absolute atomic E-state index is 0.0139. The van der Waals surface area contributed by atoms with Crippen molar-refractivity contribution in [2.45, 2.75) is 70.1 Å². The topological polar surface area (TPSA) is 84.7 Å². The van der Waals surface area contributed by atoms with Gasteiger partial charge in [-0.2, -0.15) is 0 Å². The highest BCUT2D eigenvalue weighted by molar-refractivity contribution is 5.89. The first-order valence-electron chi connectivity index (χ1n) is 12.8. The van der Waals surface area contributed by atoms with Gasteiger partial charge in [-0.3, -0.25) is 0 Å². The van der Waals surface area contributed by atoms with Crippen LogP contribution in [-0.4, -0.2) is 46.9 Å². The smallest absolute Gasteiger partial charge is 0.364 e. The molecule has 0 atom stereocenters. The second-order valence-corrected chi connectivity index (χ2v) is 9.45. The fourth-order valence-electron chi connectivity index (χ4n) is 4.62. The summed E-state index contributed by atoms with van der Waals surface area (Å²) in [6.45, 7) is 2.46. The van der Waals surface area contributed by atoms with Crippen LogP contribution in [0.5, 0.6) is 17.4 Å². The lowest BCUT2D eigenvalue weighted by atomic mass is 9.83. The summed E-state index contributed by atoms with van der Waals surface area (Å²) in [5, 5.41) is 8.32. The predicted molar refractivity (Wildman–Crippen MR) is 134 cm³/mol. The van der Waals surface area contributed by atoms with Crippen LogP contribution in [0, 0.1) is 0 Å². The van der Waals surface area contributed by atoms with E-state index in [0.717, 1.165) is 55.6 Å². The molecule has 2 fully saturated rings. The lowest BCUT2D eigenvalue weighted by Gasteiger charge is -2.29. The van der Waals surface area contributed by atoms with E-state index in [0.29, 0.717) is 24.4 Å². The van der Waals surface area contributed by atoms with E-state index >= 15 is 0 Å². The Morgan fingerprint density at radius 3 is 2.17 bits per heavy atom. The molecule has 36 heavy (non-hydrogen) atoms. The van der Waals surface area contributed by atoms with Crippen LogP contribution < -0.4 is 14.2 Å². The van der Waals surface area contributed by atoms with E-state index in [4.69, 9.17) is 18.9 Å². The number of hydrogen-bond donors (Lipinski definition) is 0. The first-order chi connectivity index (χ1) is 17.6. The number of benzene rings is 2. The van der Waals surface area contributed by atoms with Crippen molar-refractivity contribution in [3.05, 3.63) is 65.4 Å². The van der Waals surface area contributed by atoms with E-state index in [9.17, 15) is 4.79 Å². The normalized spacial score (nSPS) is 19.5. The summed E-state index contributed by atoms with van der Waals surface area (Å²) in [6, 6.07) is 16.3. The van der Waals surface area contributed by atoms with Gasteiger partial charge in [0.05, 0.1) is 26.4 Å². The third-order valence-corrected chi connectivity index (χ3v) is 6.78. The molecule has 3 aromatic rings. The molecule has 8 nitrogen and oxygen atoms in total. The van der Waals surface area contributed by atoms with Gasteiger partial charge in [-0.25, -0.2) is 9.48 Å². The number of carbonyl (C=O) groups excluding carboxylic acids is 1. The molecule has 0 unspecified atom stereocenters. The molecule has 2 saturated carbocycles. The van der Waals surface area contributed by atoms with E-state index in [1.807, 2.05) is 24.3 Å². The molecule has 0 saturated heterocycles. The van der Waals surface area contributed by atoms with Gasteiger partial charge in [0.1, 0.15) is 17.6 Å². The van der Waals surface area contributed by atoms with Crippen molar-refractivity contribution in [3.63, 3.8) is 0 Å². The van der Waals surface area contributed by atoms with Crippen LogP contribution in [0.15, 0.2) is 48.5 Å². The number of rotatable bonds is 10. The van der Waals surface area contributed by atoms with Gasteiger partial charge in [0.2, 0.25) is 11.6 Å². The zero-order valence-electron chi connectivity index (χ0n) is 20.9. The molecule has 0 radical (unpaired) electrons. The van der Waals surface area contributed by atoms with Gasteiger partial charge in [-0.1, -0.05) is 29.5 Å². The molecule has 2 aliphatic rings. The van der Waals surface area contributed by atoms with Crippen LogP contribution in [0.1, 0.15) is 73.0 Å². The van der Waals surface area contributed by atoms with E-state index in [1.165, 1.54) is 5.56 Å². The molecule has 190 valence electrons. The van der Waals surface area contributed by atoms with Crippen molar-refractivity contribution in [1.29, 1.82) is 0 Å². The zero-order valence-corrected chi connectivity index (χ0v) is 20.9. The zero-order chi connectivity index (χ0) is 24.9. The van der Waals surface area contributed by atoms with Gasteiger partial charge < -0.3 is 18.9 Å². The van der Waals surface area contributed by atoms with Crippen LogP contribution in [0.2, 0.25) is 0 Å². The first-order valence-corrected chi connectivity index (χ1v) is 12.8. The Morgan fingerprint density at radius 1 is 0.889 bits per heavy atom. The number of nitrogens with zero attached hydrogens (tertiary/aromatic N) is 3. The summed E-state index contributed by atoms with van der Waals surface area (Å²) in [7, 11) is 1.64. The quantitative estimate of drug-likeness (QED) is 0.362. The molecule has 8 heteroatoms. The van der Waals surface area contributed by atoms with E-state index in [2.05, 4.69) is 34.6 Å². The Balaban J connectivity index is 1.25. The third-order valence-electron chi connectivity index (χ3n) is 6.78. The van der Waals surface area contributed by atoms with Crippen molar-refractivity contribution < 1.29 is 23.7 Å². The van der Waals surface area contributed by atoms with Crippen molar-refractivity contribution >= 4 is 5.97 Å². The average Bonchev–Trinajstić information content (AvgIpc) is 3.64. The van der Waals surface area contributed by atoms with E-state index in [-0.39, 0.29) is 18.4 Å². The first kappa shape index (κ1) is 24.2. The van der Waals surface area contributed by atoms with Crippen molar-refractivity contribution in [2.75, 3.05) is 13.7 Å². The lowest BCUT2D eigenvalue weighted by Crippen LogP contribution is -2.25. The number of esters is 1. The predicted octanol–water partition coefficient (Wildman–Crippen LogP) is 5.16. The fraction of sp³-hybridized carbons (Fsp3) is 0.464. The van der Waals surface area contributed by atoms with Crippen molar-refractivity contribution in [2.24, 2.45) is 0 Å². The maximum absolute atomic E-state index is 12.5. The molecule has 0 bridgehead atoms. The Bertz CT molecular complexity index is 1150. The summed E-state index contributed by atoms with van der Waals surface area (Å²) >= 11 is 0. The second kappa shape index (κ2) is 11.0. The summed E-state index contributed by atoms with van der Waals surface area (Å²) in [6.07, 6.45) is 6.54. The molecule has 0 aliphatic heterocycles. The van der Waals surface area contributed by atoms with E-state index in [1.54, 1.807) is 18.7 Å². The summed E-state index contributed by atoms with van der Waals surface area (Å²) in [5.74, 6) is 2.09. The maximum atomic E-state index is 12.5. The van der Waals surface area contributed by atoms with Crippen molar-refractivity contribution in [1.82, 2.24) is 15.0 Å². The van der Waals surface area contributed by atoms with Gasteiger partial charge in [0, 0.05) is 0 Å². The molecule has 0 amide bonds. The Kier molecular flexibility index (Phi) is 7.39. The van der Waals surface area contributed by atoms with Gasteiger partial charge in [-0.15, -0.1) is 5.10 Å². The van der Waals surface area contributed by atoms with Gasteiger partial charge >= 0.3 is 5.97 Å². The summed E-state index contributed by atoms with van der Waals surface area (Å²) < 4.78 is 24.4. The van der Waals surface area contributed by atoms with Crippen LogP contribution >= 0.6 is 0 Å². The molecule has 2 aromatic carbocycles. The number of carbonyl (C=O) groups is 1. The Labute approximate surface area is 211 Å². The minimum atomic E-state index is -0.518. The molecule has 0 N–H and O–H groups in total. The number of hydrogen-bond acceptors (Lipinski definition) is 7. The monoisotopic (exact) mass is 491 g/mol. The highest BCUT2D eigenvalue weighted by Crippen LogP contribution is 2.36. The standard InChI is InChI=1S/C28H33N3O5/c1-3-34-28(32)26-27(31(30-29-26)18-19-4-10-22(33-2)11-5-19)36-25-14-8-21(9-15-25)20-6-12-23(13-7-20)35-24-16-17-24/h4-7,10-13,21,24-25H,3,8-9,14-18H2,1-2H3. The van der Waals surface area contributed by atoms with Crippen LogP contribution in [-0.2, 0) is 11.3 Å². The van der Waals surface area contributed by atoms with Crippen molar-refractivity contribution in [3.8, 4) is 17.4 Å². The number of aromatic nitrogens is 3. The molecule has 2 aliphatic carbocycles. The van der Waals surface area contributed by atoms with Crippen LogP contribution in [0.4, 0.5) is 0 Å². The third kappa shape index (κ3) is 5.80. The van der Waals surface area contributed by atoms with E-state index < -0.39 is 5.97 Å². The summed E-state index contributed by atoms with van der Waals surface area (Å²) in [5.41, 5.74) is 2.47.